The maximum Gasteiger partial charge on any atom is 0.328 e. The number of aliphatic carboxylic acids is 1. The number of rotatable bonds is 7. The van der Waals surface area contributed by atoms with Crippen molar-refractivity contribution in [3.8, 4) is 0 Å². The van der Waals surface area contributed by atoms with Gasteiger partial charge >= 0.3 is 12.0 Å². The van der Waals surface area contributed by atoms with Crippen molar-refractivity contribution in [1.29, 1.82) is 0 Å². The van der Waals surface area contributed by atoms with Gasteiger partial charge in [0.25, 0.3) is 0 Å². The van der Waals surface area contributed by atoms with Crippen molar-refractivity contribution in [2.75, 3.05) is 13.2 Å². The van der Waals surface area contributed by atoms with Crippen LogP contribution < -0.4 is 10.6 Å². The number of hydrogen-bond acceptors (Lipinski definition) is 5. The van der Waals surface area contributed by atoms with Crippen molar-refractivity contribution < 1.29 is 19.8 Å². The third kappa shape index (κ3) is 4.78. The van der Waals surface area contributed by atoms with E-state index in [2.05, 4.69) is 25.8 Å². The van der Waals surface area contributed by atoms with E-state index in [1.54, 1.807) is 0 Å². The molecule has 18 heavy (non-hydrogen) atoms. The van der Waals surface area contributed by atoms with Gasteiger partial charge in [-0.25, -0.2) is 14.6 Å². The highest BCUT2D eigenvalue weighted by atomic mass is 16.4. The lowest BCUT2D eigenvalue weighted by atomic mass is 10.3. The summed E-state index contributed by atoms with van der Waals surface area (Å²) in [5, 5.41) is 28.3. The Bertz CT molecular complexity index is 380. The zero-order valence-corrected chi connectivity index (χ0v) is 9.59. The maximum absolute atomic E-state index is 11.2. The Morgan fingerprint density at radius 1 is 1.50 bits per heavy atom. The number of carboxylic acids is 1. The number of aliphatic hydroxyl groups is 1. The second-order valence-corrected chi connectivity index (χ2v) is 3.51. The zero-order valence-electron chi connectivity index (χ0n) is 9.59. The van der Waals surface area contributed by atoms with Crippen LogP contribution in [0.2, 0.25) is 0 Å². The van der Waals surface area contributed by atoms with Crippen molar-refractivity contribution in [3.05, 3.63) is 12.2 Å². The molecule has 0 radical (unpaired) electrons. The number of nitrogens with one attached hydrogen (secondary N) is 3. The normalized spacial score (nSPS) is 11.8. The van der Waals surface area contributed by atoms with Gasteiger partial charge in [-0.05, 0) is 6.42 Å². The average Bonchev–Trinajstić information content (AvgIpc) is 2.84. The summed E-state index contributed by atoms with van der Waals surface area (Å²) in [6.45, 7) is -0.287. The Hall–Kier alpha value is -2.16. The van der Waals surface area contributed by atoms with E-state index in [0.29, 0.717) is 19.4 Å². The van der Waals surface area contributed by atoms with Crippen LogP contribution in [-0.4, -0.2) is 56.6 Å². The second-order valence-electron chi connectivity index (χ2n) is 3.51. The van der Waals surface area contributed by atoms with Gasteiger partial charge in [0.05, 0.1) is 6.61 Å². The predicted octanol–water partition coefficient (Wildman–Crippen LogP) is -1.52. The highest BCUT2D eigenvalue weighted by Crippen LogP contribution is 1.91. The molecule has 9 heteroatoms. The molecule has 0 aliphatic carbocycles. The van der Waals surface area contributed by atoms with Crippen LogP contribution in [0.3, 0.4) is 0 Å². The lowest BCUT2D eigenvalue weighted by molar-refractivity contribution is -0.140. The summed E-state index contributed by atoms with van der Waals surface area (Å²) >= 11 is 0. The van der Waals surface area contributed by atoms with E-state index in [9.17, 15) is 9.59 Å². The summed E-state index contributed by atoms with van der Waals surface area (Å²) in [4.78, 5) is 25.7. The van der Waals surface area contributed by atoms with E-state index in [-0.39, 0.29) is 0 Å². The first-order chi connectivity index (χ1) is 8.63. The Morgan fingerprint density at radius 3 is 2.83 bits per heavy atom. The molecule has 1 unspecified atom stereocenters. The van der Waals surface area contributed by atoms with Gasteiger partial charge < -0.3 is 20.8 Å². The van der Waals surface area contributed by atoms with E-state index in [1.807, 2.05) is 0 Å². The second kappa shape index (κ2) is 7.22. The van der Waals surface area contributed by atoms with E-state index in [0.717, 1.165) is 5.82 Å². The van der Waals surface area contributed by atoms with Crippen LogP contribution in [0.25, 0.3) is 0 Å². The fraction of sp³-hybridized carbons (Fsp3) is 0.556. The van der Waals surface area contributed by atoms with Gasteiger partial charge in [-0.1, -0.05) is 0 Å². The number of carboxylic acid groups (broad SMARTS) is 1. The van der Waals surface area contributed by atoms with Gasteiger partial charge in [-0.2, -0.15) is 5.10 Å². The first-order valence-corrected chi connectivity index (χ1v) is 5.35. The van der Waals surface area contributed by atoms with Crippen LogP contribution in [0.1, 0.15) is 12.2 Å². The van der Waals surface area contributed by atoms with Gasteiger partial charge in [0, 0.05) is 13.0 Å². The largest absolute Gasteiger partial charge is 0.480 e. The highest BCUT2D eigenvalue weighted by molar-refractivity contribution is 5.82. The lowest BCUT2D eigenvalue weighted by Gasteiger charge is -2.12. The molecule has 0 bridgehead atoms. The number of amides is 2. The summed E-state index contributed by atoms with van der Waals surface area (Å²) in [7, 11) is 0. The van der Waals surface area contributed by atoms with E-state index < -0.39 is 24.6 Å². The first-order valence-electron chi connectivity index (χ1n) is 5.35. The van der Waals surface area contributed by atoms with Gasteiger partial charge in [0.15, 0.2) is 6.04 Å². The maximum atomic E-state index is 11.2. The van der Waals surface area contributed by atoms with Crippen molar-refractivity contribution >= 4 is 12.0 Å². The number of nitrogens with zero attached hydrogens (tertiary/aromatic N) is 2. The molecule has 0 spiro atoms. The zero-order chi connectivity index (χ0) is 13.4. The summed E-state index contributed by atoms with van der Waals surface area (Å²) in [6, 6.07) is -1.92. The minimum atomic E-state index is -1.29. The average molecular weight is 257 g/mol. The Kier molecular flexibility index (Phi) is 5.58. The minimum Gasteiger partial charge on any atom is -0.480 e. The van der Waals surface area contributed by atoms with Gasteiger partial charge in [0.2, 0.25) is 0 Å². The van der Waals surface area contributed by atoms with E-state index in [4.69, 9.17) is 10.2 Å². The third-order valence-corrected chi connectivity index (χ3v) is 2.13. The summed E-state index contributed by atoms with van der Waals surface area (Å²) in [5.74, 6) is -0.565. The number of aromatic amines is 1. The number of aromatic nitrogens is 3. The van der Waals surface area contributed by atoms with Crippen LogP contribution in [0.4, 0.5) is 4.79 Å². The molecule has 2 amide bonds. The quantitative estimate of drug-likeness (QED) is 0.376. The fourth-order valence-electron chi connectivity index (χ4n) is 1.20. The molecule has 100 valence electrons. The molecule has 0 saturated carbocycles. The Balaban J connectivity index is 2.15. The van der Waals surface area contributed by atoms with Crippen LogP contribution in [-0.2, 0) is 11.2 Å². The molecule has 1 rings (SSSR count). The molecule has 0 aliphatic rings. The van der Waals surface area contributed by atoms with Crippen LogP contribution in [0, 0.1) is 0 Å². The number of carbonyl (C=O) groups is 2. The van der Waals surface area contributed by atoms with Crippen molar-refractivity contribution in [2.45, 2.75) is 18.9 Å². The number of urea groups is 1. The first kappa shape index (κ1) is 13.9. The standard InChI is InChI=1S/C9H15N5O4/c15-4-6(8(16)17)13-9(18)10-3-1-2-7-11-5-12-14-7/h5-6,15H,1-4H2,(H,16,17)(H2,10,13,18)(H,11,12,14). The lowest BCUT2D eigenvalue weighted by Crippen LogP contribution is -2.48. The molecule has 1 aromatic rings. The monoisotopic (exact) mass is 257 g/mol. The molecule has 0 aromatic carbocycles. The summed E-state index contributed by atoms with van der Waals surface area (Å²) < 4.78 is 0. The molecule has 0 fully saturated rings. The summed E-state index contributed by atoms with van der Waals surface area (Å²) in [6.07, 6.45) is 2.66. The molecule has 1 heterocycles. The minimum absolute atomic E-state index is 0.365. The molecular weight excluding hydrogens is 242 g/mol. The van der Waals surface area contributed by atoms with Crippen LogP contribution >= 0.6 is 0 Å². The van der Waals surface area contributed by atoms with E-state index >= 15 is 0 Å². The number of H-pyrrole nitrogens is 1. The molecule has 5 N–H and O–H groups in total. The van der Waals surface area contributed by atoms with Gasteiger partial charge in [0.1, 0.15) is 12.2 Å². The molecular formula is C9H15N5O4. The number of carbonyl (C=O) groups excluding carboxylic acids is 1. The Morgan fingerprint density at radius 2 is 2.28 bits per heavy atom. The highest BCUT2D eigenvalue weighted by Gasteiger charge is 2.17. The molecule has 1 atom stereocenters. The number of aliphatic hydroxyl groups excluding tert-OH is 1. The predicted molar refractivity (Wildman–Crippen MR) is 59.7 cm³/mol. The molecule has 1 aromatic heterocycles. The van der Waals surface area contributed by atoms with Crippen LogP contribution in [0.5, 0.6) is 0 Å². The fourth-order valence-corrected chi connectivity index (χ4v) is 1.20. The Labute approximate surface area is 103 Å². The van der Waals surface area contributed by atoms with Gasteiger partial charge in [-0.15, -0.1) is 0 Å². The SMILES string of the molecule is O=C(NCCCc1ncn[nH]1)NC(CO)C(=O)O. The third-order valence-electron chi connectivity index (χ3n) is 2.13. The van der Waals surface area contributed by atoms with Crippen molar-refractivity contribution in [1.82, 2.24) is 25.8 Å². The summed E-state index contributed by atoms with van der Waals surface area (Å²) in [5.41, 5.74) is 0. The van der Waals surface area contributed by atoms with Crippen molar-refractivity contribution in [2.24, 2.45) is 0 Å². The topological polar surface area (TPSA) is 140 Å². The van der Waals surface area contributed by atoms with Crippen LogP contribution in [0.15, 0.2) is 6.33 Å². The molecule has 9 nitrogen and oxygen atoms in total. The van der Waals surface area contributed by atoms with Gasteiger partial charge in [-0.3, -0.25) is 5.10 Å². The molecule has 0 saturated heterocycles. The number of aryl methyl sites for hydroxylation is 1. The van der Waals surface area contributed by atoms with E-state index in [1.165, 1.54) is 6.33 Å². The van der Waals surface area contributed by atoms with Crippen molar-refractivity contribution in [3.63, 3.8) is 0 Å². The number of hydrogen-bond donors (Lipinski definition) is 5. The molecule has 0 aliphatic heterocycles. The smallest absolute Gasteiger partial charge is 0.328 e.